The van der Waals surface area contributed by atoms with Gasteiger partial charge in [-0.05, 0) is 38.3 Å². The number of hydrogen-bond acceptors (Lipinski definition) is 3. The number of anilines is 2. The molecule has 0 aliphatic heterocycles. The molecule has 3 rings (SSSR count). The van der Waals surface area contributed by atoms with Crippen LogP contribution in [0.4, 0.5) is 11.5 Å². The van der Waals surface area contributed by atoms with Gasteiger partial charge in [-0.15, -0.1) is 0 Å². The predicted molar refractivity (Wildman–Crippen MR) is 82.9 cm³/mol. The summed E-state index contributed by atoms with van der Waals surface area (Å²) in [5.41, 5.74) is 2.41. The maximum absolute atomic E-state index is 6.17. The summed E-state index contributed by atoms with van der Waals surface area (Å²) in [6.45, 7) is 5.09. The first kappa shape index (κ1) is 13.4. The second-order valence-electron chi connectivity index (χ2n) is 5.21. The van der Waals surface area contributed by atoms with E-state index in [9.17, 15) is 0 Å². The van der Waals surface area contributed by atoms with Gasteiger partial charge in [0, 0.05) is 24.2 Å². The summed E-state index contributed by atoms with van der Waals surface area (Å²) in [6, 6.07) is 10.2. The third-order valence-corrected chi connectivity index (χ3v) is 3.83. The van der Waals surface area contributed by atoms with E-state index in [-0.39, 0.29) is 0 Å². The Labute approximate surface area is 124 Å². The van der Waals surface area contributed by atoms with E-state index in [4.69, 9.17) is 16.6 Å². The van der Waals surface area contributed by atoms with Crippen LogP contribution in [0.2, 0.25) is 5.15 Å². The number of nitrogens with zero attached hydrogens (tertiary/aromatic N) is 3. The van der Waals surface area contributed by atoms with E-state index < -0.39 is 0 Å². The van der Waals surface area contributed by atoms with Crippen LogP contribution in [0.15, 0.2) is 30.3 Å². The zero-order chi connectivity index (χ0) is 14.1. The van der Waals surface area contributed by atoms with Crippen molar-refractivity contribution in [1.29, 1.82) is 0 Å². The van der Waals surface area contributed by atoms with Gasteiger partial charge in [0.2, 0.25) is 0 Å². The number of aryl methyl sites for hydroxylation is 1. The summed E-state index contributed by atoms with van der Waals surface area (Å²) < 4.78 is 0. The molecule has 0 amide bonds. The maximum atomic E-state index is 6.17. The Balaban J connectivity index is 2.03. The monoisotopic (exact) mass is 287 g/mol. The van der Waals surface area contributed by atoms with Crippen molar-refractivity contribution < 1.29 is 0 Å². The average Bonchev–Trinajstić information content (AvgIpc) is 3.25. The molecule has 0 N–H and O–H groups in total. The first-order valence-corrected chi connectivity index (χ1v) is 7.44. The Kier molecular flexibility index (Phi) is 3.62. The standard InChI is InChI=1S/C16H18ClN3/c1-3-20(13-7-5-4-6-11(13)2)15-10-14(17)18-16(19-15)12-8-9-12/h4-7,10,12H,3,8-9H2,1-2H3. The molecule has 0 unspecified atom stereocenters. The molecule has 1 aromatic heterocycles. The third-order valence-electron chi connectivity index (χ3n) is 3.64. The van der Waals surface area contributed by atoms with Gasteiger partial charge in [-0.3, -0.25) is 0 Å². The molecule has 2 aromatic rings. The molecule has 1 aliphatic carbocycles. The lowest BCUT2D eigenvalue weighted by molar-refractivity contribution is 0.893. The van der Waals surface area contributed by atoms with E-state index in [2.05, 4.69) is 48.0 Å². The Morgan fingerprint density at radius 2 is 2.00 bits per heavy atom. The van der Waals surface area contributed by atoms with Crippen molar-refractivity contribution in [3.8, 4) is 0 Å². The Hall–Kier alpha value is -1.61. The minimum absolute atomic E-state index is 0.503. The summed E-state index contributed by atoms with van der Waals surface area (Å²) in [5, 5.41) is 0.531. The molecular formula is C16H18ClN3. The van der Waals surface area contributed by atoms with Crippen LogP contribution in [0.25, 0.3) is 0 Å². The fourth-order valence-electron chi connectivity index (χ4n) is 2.41. The zero-order valence-corrected chi connectivity index (χ0v) is 12.6. The molecule has 104 valence electrons. The summed E-state index contributed by atoms with van der Waals surface area (Å²) in [4.78, 5) is 11.3. The fraction of sp³-hybridized carbons (Fsp3) is 0.375. The van der Waals surface area contributed by atoms with Crippen LogP contribution in [0.3, 0.4) is 0 Å². The van der Waals surface area contributed by atoms with Crippen molar-refractivity contribution in [1.82, 2.24) is 9.97 Å². The van der Waals surface area contributed by atoms with Crippen molar-refractivity contribution in [2.45, 2.75) is 32.6 Å². The number of benzene rings is 1. The molecule has 1 saturated carbocycles. The molecule has 20 heavy (non-hydrogen) atoms. The van der Waals surface area contributed by atoms with E-state index in [1.54, 1.807) is 0 Å². The van der Waals surface area contributed by atoms with Crippen molar-refractivity contribution in [3.63, 3.8) is 0 Å². The molecule has 3 nitrogen and oxygen atoms in total. The lowest BCUT2D eigenvalue weighted by atomic mass is 10.2. The first-order valence-electron chi connectivity index (χ1n) is 7.06. The van der Waals surface area contributed by atoms with Crippen molar-refractivity contribution >= 4 is 23.1 Å². The minimum atomic E-state index is 0.503. The highest BCUT2D eigenvalue weighted by Gasteiger charge is 2.28. The number of hydrogen-bond donors (Lipinski definition) is 0. The summed E-state index contributed by atoms with van der Waals surface area (Å²) in [7, 11) is 0. The van der Waals surface area contributed by atoms with Crippen LogP contribution in [-0.2, 0) is 0 Å². The van der Waals surface area contributed by atoms with Crippen molar-refractivity contribution in [2.75, 3.05) is 11.4 Å². The van der Waals surface area contributed by atoms with Crippen LogP contribution >= 0.6 is 11.6 Å². The normalized spacial score (nSPS) is 14.3. The van der Waals surface area contributed by atoms with Crippen LogP contribution in [-0.4, -0.2) is 16.5 Å². The topological polar surface area (TPSA) is 29.0 Å². The molecule has 1 aliphatic rings. The third kappa shape index (κ3) is 2.63. The van der Waals surface area contributed by atoms with E-state index in [1.807, 2.05) is 6.07 Å². The minimum Gasteiger partial charge on any atom is -0.326 e. The SMILES string of the molecule is CCN(c1cc(Cl)nc(C2CC2)n1)c1ccccc1C. The Morgan fingerprint density at radius 1 is 1.25 bits per heavy atom. The second-order valence-corrected chi connectivity index (χ2v) is 5.60. The van der Waals surface area contributed by atoms with Crippen LogP contribution in [0.5, 0.6) is 0 Å². The van der Waals surface area contributed by atoms with E-state index in [1.165, 1.54) is 24.1 Å². The smallest absolute Gasteiger partial charge is 0.138 e. The average molecular weight is 288 g/mol. The molecule has 4 heteroatoms. The highest BCUT2D eigenvalue weighted by Crippen LogP contribution is 2.39. The van der Waals surface area contributed by atoms with Crippen molar-refractivity contribution in [3.05, 3.63) is 46.9 Å². The molecule has 1 heterocycles. The van der Waals surface area contributed by atoms with Crippen LogP contribution < -0.4 is 4.90 Å². The summed E-state index contributed by atoms with van der Waals surface area (Å²) in [6.07, 6.45) is 2.35. The quantitative estimate of drug-likeness (QED) is 0.777. The predicted octanol–water partition coefficient (Wildman–Crippen LogP) is 4.47. The van der Waals surface area contributed by atoms with Gasteiger partial charge in [-0.1, -0.05) is 29.8 Å². The van der Waals surface area contributed by atoms with Gasteiger partial charge >= 0.3 is 0 Å². The fourth-order valence-corrected chi connectivity index (χ4v) is 2.59. The van der Waals surface area contributed by atoms with Crippen LogP contribution in [0, 0.1) is 6.92 Å². The van der Waals surface area contributed by atoms with E-state index >= 15 is 0 Å². The zero-order valence-electron chi connectivity index (χ0n) is 11.8. The van der Waals surface area contributed by atoms with E-state index in [0.717, 1.165) is 18.2 Å². The molecule has 1 fully saturated rings. The second kappa shape index (κ2) is 5.41. The highest BCUT2D eigenvalue weighted by atomic mass is 35.5. The largest absolute Gasteiger partial charge is 0.326 e. The lowest BCUT2D eigenvalue weighted by Crippen LogP contribution is -2.19. The highest BCUT2D eigenvalue weighted by molar-refractivity contribution is 6.29. The van der Waals surface area contributed by atoms with Gasteiger partial charge in [-0.2, -0.15) is 0 Å². The van der Waals surface area contributed by atoms with Gasteiger partial charge in [0.15, 0.2) is 0 Å². The van der Waals surface area contributed by atoms with E-state index in [0.29, 0.717) is 11.1 Å². The van der Waals surface area contributed by atoms with Gasteiger partial charge < -0.3 is 4.90 Å². The molecule has 0 saturated heterocycles. The summed E-state index contributed by atoms with van der Waals surface area (Å²) >= 11 is 6.17. The molecule has 0 atom stereocenters. The first-order chi connectivity index (χ1) is 9.69. The van der Waals surface area contributed by atoms with Crippen LogP contribution in [0.1, 0.15) is 37.1 Å². The summed E-state index contributed by atoms with van der Waals surface area (Å²) in [5.74, 6) is 2.28. The molecule has 0 spiro atoms. The maximum Gasteiger partial charge on any atom is 0.138 e. The number of aromatic nitrogens is 2. The molecule has 0 radical (unpaired) electrons. The van der Waals surface area contributed by atoms with Gasteiger partial charge in [0.05, 0.1) is 0 Å². The van der Waals surface area contributed by atoms with Gasteiger partial charge in [-0.25, -0.2) is 9.97 Å². The van der Waals surface area contributed by atoms with Gasteiger partial charge in [0.1, 0.15) is 16.8 Å². The lowest BCUT2D eigenvalue weighted by Gasteiger charge is -2.24. The Morgan fingerprint density at radius 3 is 2.65 bits per heavy atom. The number of rotatable bonds is 4. The molecule has 1 aromatic carbocycles. The Bertz CT molecular complexity index is 623. The number of halogens is 1. The molecular weight excluding hydrogens is 270 g/mol. The molecule has 0 bridgehead atoms. The van der Waals surface area contributed by atoms with Crippen molar-refractivity contribution in [2.24, 2.45) is 0 Å². The van der Waals surface area contributed by atoms with Gasteiger partial charge in [0.25, 0.3) is 0 Å². The number of para-hydroxylation sites is 1.